The summed E-state index contributed by atoms with van der Waals surface area (Å²) in [5.74, 6) is 1.15. The SMILES string of the molecule is COc1ccc(C(C(C=O)=Cc2ccccc2)c2ccccc2)c(OC)c1. The van der Waals surface area contributed by atoms with Gasteiger partial charge >= 0.3 is 0 Å². The van der Waals surface area contributed by atoms with Gasteiger partial charge in [0.1, 0.15) is 17.8 Å². The molecular weight excluding hydrogens is 336 g/mol. The van der Waals surface area contributed by atoms with Crippen molar-refractivity contribution in [1.29, 1.82) is 0 Å². The third-order valence-electron chi connectivity index (χ3n) is 4.49. The van der Waals surface area contributed by atoms with Crippen molar-refractivity contribution in [2.45, 2.75) is 5.92 Å². The van der Waals surface area contributed by atoms with Gasteiger partial charge in [-0.2, -0.15) is 0 Å². The maximum atomic E-state index is 12.1. The first-order chi connectivity index (χ1) is 13.3. The number of carbonyl (C=O) groups is 1. The second kappa shape index (κ2) is 8.86. The van der Waals surface area contributed by atoms with Gasteiger partial charge in [0.05, 0.1) is 14.2 Å². The molecule has 0 amide bonds. The number of allylic oxidation sites excluding steroid dienone is 1. The van der Waals surface area contributed by atoms with Gasteiger partial charge in [0, 0.05) is 23.1 Å². The Kier molecular flexibility index (Phi) is 6.06. The minimum Gasteiger partial charge on any atom is -0.497 e. The third-order valence-corrected chi connectivity index (χ3v) is 4.49. The van der Waals surface area contributed by atoms with E-state index in [1.807, 2.05) is 84.9 Å². The summed E-state index contributed by atoms with van der Waals surface area (Å²) in [6, 6.07) is 25.5. The van der Waals surface area contributed by atoms with Crippen LogP contribution in [-0.2, 0) is 4.79 Å². The molecule has 0 spiro atoms. The predicted octanol–water partition coefficient (Wildman–Crippen LogP) is 5.12. The van der Waals surface area contributed by atoms with Crippen LogP contribution in [0.3, 0.4) is 0 Å². The van der Waals surface area contributed by atoms with E-state index in [-0.39, 0.29) is 5.92 Å². The molecule has 0 heterocycles. The second-order valence-electron chi connectivity index (χ2n) is 6.12. The highest BCUT2D eigenvalue weighted by atomic mass is 16.5. The molecule has 3 heteroatoms. The molecule has 3 rings (SSSR count). The zero-order chi connectivity index (χ0) is 19.1. The molecule has 3 aromatic carbocycles. The van der Waals surface area contributed by atoms with Crippen molar-refractivity contribution in [1.82, 2.24) is 0 Å². The zero-order valence-corrected chi connectivity index (χ0v) is 15.5. The van der Waals surface area contributed by atoms with E-state index in [9.17, 15) is 4.79 Å². The molecule has 0 aliphatic carbocycles. The summed E-state index contributed by atoms with van der Waals surface area (Å²) in [5.41, 5.74) is 3.58. The Morgan fingerprint density at radius 1 is 0.852 bits per heavy atom. The lowest BCUT2D eigenvalue weighted by atomic mass is 9.84. The summed E-state index contributed by atoms with van der Waals surface area (Å²) < 4.78 is 10.9. The number of rotatable bonds is 7. The lowest BCUT2D eigenvalue weighted by Crippen LogP contribution is -2.08. The zero-order valence-electron chi connectivity index (χ0n) is 15.5. The lowest BCUT2D eigenvalue weighted by Gasteiger charge is -2.21. The van der Waals surface area contributed by atoms with Crippen LogP contribution in [0.15, 0.2) is 84.4 Å². The first kappa shape index (κ1) is 18.5. The lowest BCUT2D eigenvalue weighted by molar-refractivity contribution is -0.105. The van der Waals surface area contributed by atoms with Crippen molar-refractivity contribution in [3.8, 4) is 11.5 Å². The molecule has 0 radical (unpaired) electrons. The maximum Gasteiger partial charge on any atom is 0.147 e. The summed E-state index contributed by atoms with van der Waals surface area (Å²) >= 11 is 0. The van der Waals surface area contributed by atoms with Crippen molar-refractivity contribution in [2.24, 2.45) is 0 Å². The van der Waals surface area contributed by atoms with Crippen LogP contribution in [0, 0.1) is 0 Å². The molecule has 0 fully saturated rings. The molecule has 3 aromatic rings. The van der Waals surface area contributed by atoms with E-state index in [1.165, 1.54) is 0 Å². The van der Waals surface area contributed by atoms with Gasteiger partial charge in [0.25, 0.3) is 0 Å². The van der Waals surface area contributed by atoms with Gasteiger partial charge in [-0.25, -0.2) is 0 Å². The molecule has 1 unspecified atom stereocenters. The van der Waals surface area contributed by atoms with E-state index in [2.05, 4.69) is 0 Å². The minimum atomic E-state index is -0.246. The van der Waals surface area contributed by atoms with E-state index < -0.39 is 0 Å². The van der Waals surface area contributed by atoms with Crippen molar-refractivity contribution in [3.05, 3.63) is 101 Å². The molecule has 0 aliphatic rings. The molecule has 1 atom stereocenters. The van der Waals surface area contributed by atoms with Gasteiger partial charge in [0.15, 0.2) is 0 Å². The van der Waals surface area contributed by atoms with Gasteiger partial charge in [-0.05, 0) is 23.3 Å². The average Bonchev–Trinajstić information content (AvgIpc) is 2.74. The van der Waals surface area contributed by atoms with Crippen LogP contribution in [0.25, 0.3) is 6.08 Å². The summed E-state index contributed by atoms with van der Waals surface area (Å²) in [6.45, 7) is 0. The average molecular weight is 358 g/mol. The molecule has 3 nitrogen and oxygen atoms in total. The molecule has 0 aliphatic heterocycles. The molecule has 0 aromatic heterocycles. The van der Waals surface area contributed by atoms with Crippen LogP contribution >= 0.6 is 0 Å². The molecule has 0 bridgehead atoms. The highest BCUT2D eigenvalue weighted by Gasteiger charge is 2.23. The van der Waals surface area contributed by atoms with Gasteiger partial charge in [0.2, 0.25) is 0 Å². The van der Waals surface area contributed by atoms with Crippen molar-refractivity contribution < 1.29 is 14.3 Å². The topological polar surface area (TPSA) is 35.5 Å². The van der Waals surface area contributed by atoms with E-state index in [0.29, 0.717) is 17.1 Å². The summed E-state index contributed by atoms with van der Waals surface area (Å²) in [4.78, 5) is 12.1. The normalized spacial score (nSPS) is 12.3. The quantitative estimate of drug-likeness (QED) is 0.434. The predicted molar refractivity (Wildman–Crippen MR) is 108 cm³/mol. The van der Waals surface area contributed by atoms with Gasteiger partial charge in [-0.1, -0.05) is 66.7 Å². The number of hydrogen-bond donors (Lipinski definition) is 0. The minimum absolute atomic E-state index is 0.246. The second-order valence-corrected chi connectivity index (χ2v) is 6.12. The van der Waals surface area contributed by atoms with Crippen molar-refractivity contribution >= 4 is 12.4 Å². The monoisotopic (exact) mass is 358 g/mol. The summed E-state index contributed by atoms with van der Waals surface area (Å²) in [7, 11) is 3.25. The number of benzene rings is 3. The van der Waals surface area contributed by atoms with Crippen LogP contribution in [-0.4, -0.2) is 20.5 Å². The van der Waals surface area contributed by atoms with Crippen LogP contribution in [0.4, 0.5) is 0 Å². The smallest absolute Gasteiger partial charge is 0.147 e. The third kappa shape index (κ3) is 4.26. The molecular formula is C24H22O3. The summed E-state index contributed by atoms with van der Waals surface area (Å²) in [5, 5.41) is 0. The molecule has 0 N–H and O–H groups in total. The number of methoxy groups -OCH3 is 2. The first-order valence-corrected chi connectivity index (χ1v) is 8.75. The van der Waals surface area contributed by atoms with E-state index in [1.54, 1.807) is 14.2 Å². The fourth-order valence-electron chi connectivity index (χ4n) is 3.18. The Hall–Kier alpha value is -3.33. The van der Waals surface area contributed by atoms with E-state index >= 15 is 0 Å². The molecule has 27 heavy (non-hydrogen) atoms. The van der Waals surface area contributed by atoms with Crippen molar-refractivity contribution in [3.63, 3.8) is 0 Å². The maximum absolute atomic E-state index is 12.1. The Balaban J connectivity index is 2.18. The number of carbonyl (C=O) groups excluding carboxylic acids is 1. The fourth-order valence-corrected chi connectivity index (χ4v) is 3.18. The first-order valence-electron chi connectivity index (χ1n) is 8.75. The van der Waals surface area contributed by atoms with E-state index in [0.717, 1.165) is 23.0 Å². The fraction of sp³-hybridized carbons (Fsp3) is 0.125. The Morgan fingerprint density at radius 3 is 2.11 bits per heavy atom. The molecule has 136 valence electrons. The number of hydrogen-bond acceptors (Lipinski definition) is 3. The van der Waals surface area contributed by atoms with E-state index in [4.69, 9.17) is 9.47 Å². The summed E-state index contributed by atoms with van der Waals surface area (Å²) in [6.07, 6.45) is 2.85. The number of ether oxygens (including phenoxy) is 2. The van der Waals surface area contributed by atoms with Gasteiger partial charge < -0.3 is 9.47 Å². The Bertz CT molecular complexity index is 915. The highest BCUT2D eigenvalue weighted by molar-refractivity contribution is 5.85. The number of aldehydes is 1. The molecule has 0 saturated carbocycles. The Labute approximate surface area is 159 Å². The molecule has 0 saturated heterocycles. The largest absolute Gasteiger partial charge is 0.497 e. The van der Waals surface area contributed by atoms with Crippen LogP contribution in [0.1, 0.15) is 22.6 Å². The Morgan fingerprint density at radius 2 is 1.52 bits per heavy atom. The van der Waals surface area contributed by atoms with Gasteiger partial charge in [-0.15, -0.1) is 0 Å². The van der Waals surface area contributed by atoms with Crippen LogP contribution in [0.2, 0.25) is 0 Å². The van der Waals surface area contributed by atoms with Crippen LogP contribution < -0.4 is 9.47 Å². The standard InChI is InChI=1S/C24H22O3/c1-26-21-13-14-22(23(16-21)27-2)24(19-11-7-4-8-12-19)20(17-25)15-18-9-5-3-6-10-18/h3-17,24H,1-2H3. The highest BCUT2D eigenvalue weighted by Crippen LogP contribution is 2.39. The van der Waals surface area contributed by atoms with Gasteiger partial charge in [-0.3, -0.25) is 4.79 Å². The van der Waals surface area contributed by atoms with Crippen molar-refractivity contribution in [2.75, 3.05) is 14.2 Å². The van der Waals surface area contributed by atoms with Crippen LogP contribution in [0.5, 0.6) is 11.5 Å².